The molecular weight excluding hydrogens is 362 g/mol. The Morgan fingerprint density at radius 3 is 2.41 bits per heavy atom. The molecular formula is C21H20ClN3O2. The minimum atomic E-state index is -0.146. The number of methoxy groups -OCH3 is 1. The number of pyridine rings is 1. The molecule has 0 aliphatic rings. The zero-order chi connectivity index (χ0) is 19.1. The molecule has 0 spiro atoms. The summed E-state index contributed by atoms with van der Waals surface area (Å²) in [7, 11) is 1.63. The van der Waals surface area contributed by atoms with E-state index in [2.05, 4.69) is 15.6 Å². The number of hydrogen-bond donors (Lipinski definition) is 2. The minimum Gasteiger partial charge on any atom is -0.497 e. The maximum absolute atomic E-state index is 12.2. The van der Waals surface area contributed by atoms with Gasteiger partial charge in [-0.3, -0.25) is 4.79 Å². The number of carbonyl (C=O) groups excluding carboxylic acids is 1. The van der Waals surface area contributed by atoms with Crippen molar-refractivity contribution in [1.82, 2.24) is 10.3 Å². The van der Waals surface area contributed by atoms with Crippen LogP contribution in [0.5, 0.6) is 5.75 Å². The minimum absolute atomic E-state index is 0.146. The summed E-state index contributed by atoms with van der Waals surface area (Å²) in [4.78, 5) is 16.5. The molecule has 3 aromatic rings. The highest BCUT2D eigenvalue weighted by molar-refractivity contribution is 6.30. The van der Waals surface area contributed by atoms with Crippen molar-refractivity contribution in [1.29, 1.82) is 0 Å². The predicted octanol–water partition coefficient (Wildman–Crippen LogP) is 4.46. The Morgan fingerprint density at radius 1 is 1.04 bits per heavy atom. The third-order valence-corrected chi connectivity index (χ3v) is 4.25. The zero-order valence-corrected chi connectivity index (χ0v) is 15.7. The average molecular weight is 382 g/mol. The number of anilines is 2. The topological polar surface area (TPSA) is 63.2 Å². The van der Waals surface area contributed by atoms with E-state index in [9.17, 15) is 4.79 Å². The number of aromatic nitrogens is 1. The monoisotopic (exact) mass is 381 g/mol. The summed E-state index contributed by atoms with van der Waals surface area (Å²) >= 11 is 5.87. The van der Waals surface area contributed by atoms with Gasteiger partial charge in [0, 0.05) is 23.5 Å². The molecule has 0 aliphatic carbocycles. The molecule has 1 amide bonds. The van der Waals surface area contributed by atoms with E-state index in [1.165, 1.54) is 0 Å². The van der Waals surface area contributed by atoms with Gasteiger partial charge < -0.3 is 15.4 Å². The quantitative estimate of drug-likeness (QED) is 0.634. The molecule has 2 aromatic carbocycles. The highest BCUT2D eigenvalue weighted by Crippen LogP contribution is 2.18. The number of rotatable bonds is 7. The summed E-state index contributed by atoms with van der Waals surface area (Å²) in [6, 6.07) is 18.7. The van der Waals surface area contributed by atoms with Gasteiger partial charge in [-0.25, -0.2) is 4.98 Å². The first kappa shape index (κ1) is 18.7. The van der Waals surface area contributed by atoms with Crippen molar-refractivity contribution < 1.29 is 9.53 Å². The third kappa shape index (κ3) is 5.46. The van der Waals surface area contributed by atoms with E-state index in [1.54, 1.807) is 25.4 Å². The molecule has 0 bridgehead atoms. The van der Waals surface area contributed by atoms with E-state index in [1.807, 2.05) is 48.5 Å². The summed E-state index contributed by atoms with van der Waals surface area (Å²) in [5.41, 5.74) is 2.53. The van der Waals surface area contributed by atoms with Gasteiger partial charge in [0.1, 0.15) is 11.6 Å². The molecule has 0 atom stereocenters. The number of carbonyl (C=O) groups is 1. The van der Waals surface area contributed by atoms with Crippen LogP contribution in [-0.4, -0.2) is 24.5 Å². The van der Waals surface area contributed by atoms with Crippen molar-refractivity contribution in [2.75, 3.05) is 19.0 Å². The standard InChI is InChI=1S/C21H20ClN3O2/c1-27-19-9-7-18(8-10-19)25-20-11-4-16(14-24-20)21(26)23-13-12-15-2-5-17(22)6-3-15/h2-11,14H,12-13H2,1H3,(H,23,26)(H,24,25). The molecule has 3 rings (SSSR count). The first-order chi connectivity index (χ1) is 13.1. The second kappa shape index (κ2) is 9.05. The van der Waals surface area contributed by atoms with Crippen LogP contribution in [-0.2, 0) is 6.42 Å². The molecule has 0 fully saturated rings. The third-order valence-electron chi connectivity index (χ3n) is 4.00. The van der Waals surface area contributed by atoms with E-state index in [4.69, 9.17) is 16.3 Å². The van der Waals surface area contributed by atoms with Crippen LogP contribution < -0.4 is 15.4 Å². The SMILES string of the molecule is COc1ccc(Nc2ccc(C(=O)NCCc3ccc(Cl)cc3)cn2)cc1. The lowest BCUT2D eigenvalue weighted by molar-refractivity contribution is 0.0954. The second-order valence-corrected chi connectivity index (χ2v) is 6.35. The maximum Gasteiger partial charge on any atom is 0.252 e. The summed E-state index contributed by atoms with van der Waals surface area (Å²) < 4.78 is 5.13. The van der Waals surface area contributed by atoms with Gasteiger partial charge >= 0.3 is 0 Å². The average Bonchev–Trinajstić information content (AvgIpc) is 2.70. The van der Waals surface area contributed by atoms with Crippen LogP contribution in [0.1, 0.15) is 15.9 Å². The van der Waals surface area contributed by atoms with E-state index < -0.39 is 0 Å². The molecule has 0 saturated heterocycles. The number of hydrogen-bond acceptors (Lipinski definition) is 4. The van der Waals surface area contributed by atoms with Gasteiger partial charge in [0.2, 0.25) is 0 Å². The number of amides is 1. The van der Waals surface area contributed by atoms with Gasteiger partial charge in [0.25, 0.3) is 5.91 Å². The summed E-state index contributed by atoms with van der Waals surface area (Å²) in [5.74, 6) is 1.31. The van der Waals surface area contributed by atoms with Crippen LogP contribution in [0.3, 0.4) is 0 Å². The van der Waals surface area contributed by atoms with Crippen molar-refractivity contribution in [3.05, 3.63) is 83.0 Å². The van der Waals surface area contributed by atoms with Crippen molar-refractivity contribution in [3.63, 3.8) is 0 Å². The van der Waals surface area contributed by atoms with Crippen LogP contribution in [0.25, 0.3) is 0 Å². The molecule has 1 heterocycles. The lowest BCUT2D eigenvalue weighted by atomic mass is 10.1. The number of nitrogens with zero attached hydrogens (tertiary/aromatic N) is 1. The highest BCUT2D eigenvalue weighted by atomic mass is 35.5. The Morgan fingerprint density at radius 2 is 1.78 bits per heavy atom. The Labute approximate surface area is 163 Å². The number of benzene rings is 2. The molecule has 0 saturated carbocycles. The lowest BCUT2D eigenvalue weighted by Gasteiger charge is -2.08. The lowest BCUT2D eigenvalue weighted by Crippen LogP contribution is -2.25. The summed E-state index contributed by atoms with van der Waals surface area (Å²) in [5, 5.41) is 6.78. The van der Waals surface area contributed by atoms with Crippen LogP contribution in [0.2, 0.25) is 5.02 Å². The molecule has 27 heavy (non-hydrogen) atoms. The van der Waals surface area contributed by atoms with E-state index in [0.717, 1.165) is 23.4 Å². The predicted molar refractivity (Wildman–Crippen MR) is 108 cm³/mol. The largest absolute Gasteiger partial charge is 0.497 e. The normalized spacial score (nSPS) is 10.3. The van der Waals surface area contributed by atoms with Crippen molar-refractivity contribution in [2.24, 2.45) is 0 Å². The zero-order valence-electron chi connectivity index (χ0n) is 14.9. The Balaban J connectivity index is 1.51. The molecule has 0 unspecified atom stereocenters. The fourth-order valence-electron chi connectivity index (χ4n) is 2.50. The van der Waals surface area contributed by atoms with Gasteiger partial charge in [-0.2, -0.15) is 0 Å². The number of ether oxygens (including phenoxy) is 1. The fourth-order valence-corrected chi connectivity index (χ4v) is 2.62. The van der Waals surface area contributed by atoms with Crippen LogP contribution in [0.4, 0.5) is 11.5 Å². The molecule has 5 nitrogen and oxygen atoms in total. The van der Waals surface area contributed by atoms with Gasteiger partial charge in [-0.1, -0.05) is 23.7 Å². The van der Waals surface area contributed by atoms with Crippen LogP contribution in [0, 0.1) is 0 Å². The van der Waals surface area contributed by atoms with Crippen molar-refractivity contribution in [2.45, 2.75) is 6.42 Å². The molecule has 0 aliphatic heterocycles. The smallest absolute Gasteiger partial charge is 0.252 e. The summed E-state index contributed by atoms with van der Waals surface area (Å²) in [6.07, 6.45) is 2.30. The molecule has 138 valence electrons. The Bertz CT molecular complexity index is 879. The molecule has 0 radical (unpaired) electrons. The number of halogens is 1. The van der Waals surface area contributed by atoms with Crippen LogP contribution in [0.15, 0.2) is 66.9 Å². The fraction of sp³-hybridized carbons (Fsp3) is 0.143. The second-order valence-electron chi connectivity index (χ2n) is 5.92. The van der Waals surface area contributed by atoms with E-state index in [-0.39, 0.29) is 5.91 Å². The molecule has 1 aromatic heterocycles. The van der Waals surface area contributed by atoms with Crippen molar-refractivity contribution in [3.8, 4) is 5.75 Å². The molecule has 6 heteroatoms. The maximum atomic E-state index is 12.2. The molecule has 2 N–H and O–H groups in total. The van der Waals surface area contributed by atoms with Crippen molar-refractivity contribution >= 4 is 29.0 Å². The van der Waals surface area contributed by atoms with Gasteiger partial charge in [-0.15, -0.1) is 0 Å². The number of nitrogens with one attached hydrogen (secondary N) is 2. The Hall–Kier alpha value is -3.05. The van der Waals surface area contributed by atoms with E-state index in [0.29, 0.717) is 22.9 Å². The summed E-state index contributed by atoms with van der Waals surface area (Å²) in [6.45, 7) is 0.548. The van der Waals surface area contributed by atoms with Gasteiger partial charge in [-0.05, 0) is 60.5 Å². The highest BCUT2D eigenvalue weighted by Gasteiger charge is 2.06. The van der Waals surface area contributed by atoms with Gasteiger partial charge in [0.15, 0.2) is 0 Å². The van der Waals surface area contributed by atoms with Gasteiger partial charge in [0.05, 0.1) is 12.7 Å². The Kier molecular flexibility index (Phi) is 6.28. The van der Waals surface area contributed by atoms with Crippen LogP contribution >= 0.6 is 11.6 Å². The van der Waals surface area contributed by atoms with E-state index >= 15 is 0 Å². The first-order valence-electron chi connectivity index (χ1n) is 8.54. The first-order valence-corrected chi connectivity index (χ1v) is 8.91.